The lowest BCUT2D eigenvalue weighted by Crippen LogP contribution is -2.47. The van der Waals surface area contributed by atoms with E-state index >= 15 is 0 Å². The van der Waals surface area contributed by atoms with Gasteiger partial charge in [-0.2, -0.15) is 0 Å². The van der Waals surface area contributed by atoms with Crippen LogP contribution >= 0.6 is 15.9 Å². The second-order valence-electron chi connectivity index (χ2n) is 6.38. The molecule has 0 aliphatic rings. The van der Waals surface area contributed by atoms with Crippen LogP contribution in [0.3, 0.4) is 0 Å². The Balaban J connectivity index is 1.87. The van der Waals surface area contributed by atoms with E-state index in [1.54, 1.807) is 12.3 Å². The Hall–Kier alpha value is -2.99. The Morgan fingerprint density at radius 2 is 1.50 bits per heavy atom. The smallest absolute Gasteiger partial charge is 0.240 e. The number of nitrogens with two attached hydrogens (primary N) is 1. The highest BCUT2D eigenvalue weighted by atomic mass is 79.9. The lowest BCUT2D eigenvalue weighted by atomic mass is 9.90. The third kappa shape index (κ3) is 4.84. The molecule has 2 aromatic carbocycles. The van der Waals surface area contributed by atoms with Crippen LogP contribution in [0.2, 0.25) is 0 Å². The van der Waals surface area contributed by atoms with Gasteiger partial charge < -0.3 is 11.1 Å². The molecule has 0 fully saturated rings. The Labute approximate surface area is 172 Å². The van der Waals surface area contributed by atoms with Crippen LogP contribution < -0.4 is 11.1 Å². The molecule has 0 aliphatic carbocycles. The minimum atomic E-state index is -0.845. The van der Waals surface area contributed by atoms with Crippen molar-refractivity contribution in [1.82, 2.24) is 10.3 Å². The van der Waals surface area contributed by atoms with Crippen LogP contribution in [0.4, 0.5) is 0 Å². The van der Waals surface area contributed by atoms with E-state index in [0.29, 0.717) is 4.60 Å². The zero-order valence-corrected chi connectivity index (χ0v) is 16.7. The third-order valence-electron chi connectivity index (χ3n) is 4.45. The topological polar surface area (TPSA) is 85.1 Å². The fraction of sp³-hybridized carbons (Fsp3) is 0.136. The first-order chi connectivity index (χ1) is 13.6. The number of hydrogen-bond acceptors (Lipinski definition) is 3. The highest BCUT2D eigenvalue weighted by molar-refractivity contribution is 9.10. The molecule has 3 rings (SSSR count). The number of aromatic nitrogens is 1. The molecule has 6 heteroatoms. The first-order valence-corrected chi connectivity index (χ1v) is 9.64. The van der Waals surface area contributed by atoms with E-state index in [0.717, 1.165) is 16.7 Å². The van der Waals surface area contributed by atoms with Crippen molar-refractivity contribution in [1.29, 1.82) is 0 Å². The maximum atomic E-state index is 13.2. The highest BCUT2D eigenvalue weighted by Gasteiger charge is 2.27. The van der Waals surface area contributed by atoms with E-state index in [1.807, 2.05) is 66.7 Å². The van der Waals surface area contributed by atoms with Crippen LogP contribution in [0, 0.1) is 0 Å². The average molecular weight is 438 g/mol. The molecule has 142 valence electrons. The number of benzene rings is 2. The summed E-state index contributed by atoms with van der Waals surface area (Å²) >= 11 is 3.37. The first kappa shape index (κ1) is 19.8. The maximum Gasteiger partial charge on any atom is 0.240 e. The summed E-state index contributed by atoms with van der Waals surface area (Å²) in [5, 5.41) is 2.83. The monoisotopic (exact) mass is 437 g/mol. The van der Waals surface area contributed by atoms with Gasteiger partial charge in [-0.25, -0.2) is 4.98 Å². The van der Waals surface area contributed by atoms with Crippen LogP contribution in [-0.4, -0.2) is 22.8 Å². The SMILES string of the molecule is NC(=O)[C@@H](Cc1cccnc1Br)NC(=O)C(c1ccccc1)c1ccccc1. The van der Waals surface area contributed by atoms with Crippen molar-refractivity contribution in [3.63, 3.8) is 0 Å². The summed E-state index contributed by atoms with van der Waals surface area (Å²) < 4.78 is 0.623. The van der Waals surface area contributed by atoms with Crippen LogP contribution in [0.1, 0.15) is 22.6 Å². The predicted octanol–water partition coefficient (Wildman–Crippen LogP) is 3.19. The number of primary amides is 1. The highest BCUT2D eigenvalue weighted by Crippen LogP contribution is 2.25. The largest absolute Gasteiger partial charge is 0.368 e. The minimum Gasteiger partial charge on any atom is -0.368 e. The molecular formula is C22H20BrN3O2. The van der Waals surface area contributed by atoms with E-state index in [2.05, 4.69) is 26.2 Å². The molecule has 1 aromatic heterocycles. The standard InChI is InChI=1S/C22H20BrN3O2/c23-20-17(12-7-13-25-20)14-18(21(24)27)26-22(28)19(15-8-3-1-4-9-15)16-10-5-2-6-11-16/h1-13,18-19H,14H2,(H2,24,27)(H,26,28)/t18-/m1/s1. The summed E-state index contributed by atoms with van der Waals surface area (Å²) in [6.07, 6.45) is 1.90. The van der Waals surface area contributed by atoms with Gasteiger partial charge in [0.2, 0.25) is 11.8 Å². The number of rotatable bonds is 7. The van der Waals surface area contributed by atoms with E-state index in [9.17, 15) is 9.59 Å². The number of pyridine rings is 1. The molecule has 0 aliphatic heterocycles. The van der Waals surface area contributed by atoms with Gasteiger partial charge in [-0.3, -0.25) is 9.59 Å². The average Bonchev–Trinajstić information content (AvgIpc) is 2.71. The van der Waals surface area contributed by atoms with Crippen molar-refractivity contribution in [2.75, 3.05) is 0 Å². The molecule has 1 heterocycles. The molecule has 0 radical (unpaired) electrons. The summed E-state index contributed by atoms with van der Waals surface area (Å²) in [4.78, 5) is 29.4. The van der Waals surface area contributed by atoms with Crippen molar-refractivity contribution >= 4 is 27.7 Å². The van der Waals surface area contributed by atoms with Gasteiger partial charge in [0, 0.05) is 12.6 Å². The van der Waals surface area contributed by atoms with Crippen molar-refractivity contribution in [2.45, 2.75) is 18.4 Å². The summed E-state index contributed by atoms with van der Waals surface area (Å²) in [6, 6.07) is 21.7. The van der Waals surface area contributed by atoms with Crippen molar-refractivity contribution in [2.24, 2.45) is 5.73 Å². The Kier molecular flexibility index (Phi) is 6.55. The van der Waals surface area contributed by atoms with Crippen molar-refractivity contribution in [3.8, 4) is 0 Å². The molecule has 0 spiro atoms. The van der Waals surface area contributed by atoms with E-state index in [-0.39, 0.29) is 12.3 Å². The fourth-order valence-corrected chi connectivity index (χ4v) is 3.47. The molecule has 0 saturated heterocycles. The molecule has 1 atom stereocenters. The summed E-state index contributed by atoms with van der Waals surface area (Å²) in [5.74, 6) is -1.41. The molecule has 0 unspecified atom stereocenters. The maximum absolute atomic E-state index is 13.2. The van der Waals surface area contributed by atoms with E-state index in [4.69, 9.17) is 5.73 Å². The number of nitrogens with one attached hydrogen (secondary N) is 1. The normalized spacial score (nSPS) is 11.8. The molecular weight excluding hydrogens is 418 g/mol. The lowest BCUT2D eigenvalue weighted by Gasteiger charge is -2.22. The number of halogens is 1. The number of carbonyl (C=O) groups is 2. The fourth-order valence-electron chi connectivity index (χ4n) is 3.06. The quantitative estimate of drug-likeness (QED) is 0.556. The van der Waals surface area contributed by atoms with E-state index in [1.165, 1.54) is 0 Å². The van der Waals surface area contributed by atoms with Gasteiger partial charge in [-0.05, 0) is 38.7 Å². The Morgan fingerprint density at radius 1 is 0.929 bits per heavy atom. The van der Waals surface area contributed by atoms with Gasteiger partial charge >= 0.3 is 0 Å². The van der Waals surface area contributed by atoms with Gasteiger partial charge in [0.15, 0.2) is 0 Å². The molecule has 3 aromatic rings. The van der Waals surface area contributed by atoms with Crippen LogP contribution in [0.5, 0.6) is 0 Å². The van der Waals surface area contributed by atoms with Crippen LogP contribution in [-0.2, 0) is 16.0 Å². The predicted molar refractivity (Wildman–Crippen MR) is 111 cm³/mol. The van der Waals surface area contributed by atoms with Gasteiger partial charge in [-0.1, -0.05) is 66.7 Å². The molecule has 5 nitrogen and oxygen atoms in total. The number of carbonyl (C=O) groups excluding carboxylic acids is 2. The summed E-state index contributed by atoms with van der Waals surface area (Å²) in [7, 11) is 0. The zero-order valence-electron chi connectivity index (χ0n) is 15.1. The second-order valence-corrected chi connectivity index (χ2v) is 7.13. The zero-order chi connectivity index (χ0) is 19.9. The van der Waals surface area contributed by atoms with Gasteiger partial charge in [-0.15, -0.1) is 0 Å². The number of hydrogen-bond donors (Lipinski definition) is 2. The van der Waals surface area contributed by atoms with Gasteiger partial charge in [0.1, 0.15) is 10.6 Å². The minimum absolute atomic E-state index is 0.256. The summed E-state index contributed by atoms with van der Waals surface area (Å²) in [5.41, 5.74) is 8.05. The van der Waals surface area contributed by atoms with Gasteiger partial charge in [0.25, 0.3) is 0 Å². The number of nitrogens with zero attached hydrogens (tertiary/aromatic N) is 1. The van der Waals surface area contributed by atoms with Crippen LogP contribution in [0.15, 0.2) is 83.6 Å². The number of amides is 2. The summed E-state index contributed by atoms with van der Waals surface area (Å²) in [6.45, 7) is 0. The second kappa shape index (κ2) is 9.28. The molecule has 28 heavy (non-hydrogen) atoms. The van der Waals surface area contributed by atoms with Gasteiger partial charge in [0.05, 0.1) is 5.92 Å². The molecule has 0 bridgehead atoms. The molecule has 0 saturated carbocycles. The van der Waals surface area contributed by atoms with Crippen molar-refractivity contribution in [3.05, 3.63) is 100 Å². The Morgan fingerprint density at radius 3 is 2.00 bits per heavy atom. The third-order valence-corrected chi connectivity index (χ3v) is 5.16. The van der Waals surface area contributed by atoms with E-state index < -0.39 is 17.9 Å². The van der Waals surface area contributed by atoms with Crippen LogP contribution in [0.25, 0.3) is 0 Å². The van der Waals surface area contributed by atoms with Crippen molar-refractivity contribution < 1.29 is 9.59 Å². The lowest BCUT2D eigenvalue weighted by molar-refractivity contribution is -0.127. The first-order valence-electron chi connectivity index (χ1n) is 8.85. The molecule has 3 N–H and O–H groups in total. The molecule has 2 amide bonds. The Bertz CT molecular complexity index is 909.